The van der Waals surface area contributed by atoms with Gasteiger partial charge in [0.15, 0.2) is 5.56 Å². The molecule has 1 saturated heterocycles. The normalized spacial score (nSPS) is 32.0. The SMILES string of the molecule is CC(=O)C1CC(Cl)OC1=O. The second-order valence-electron chi connectivity index (χ2n) is 2.25. The van der Waals surface area contributed by atoms with Crippen molar-refractivity contribution in [3.8, 4) is 0 Å². The molecule has 2 unspecified atom stereocenters. The molecule has 0 bridgehead atoms. The zero-order chi connectivity index (χ0) is 7.72. The fraction of sp³-hybridized carbons (Fsp3) is 0.667. The zero-order valence-electron chi connectivity index (χ0n) is 5.46. The van der Waals surface area contributed by atoms with Crippen LogP contribution in [0.3, 0.4) is 0 Å². The van der Waals surface area contributed by atoms with Crippen molar-refractivity contribution < 1.29 is 14.3 Å². The second kappa shape index (κ2) is 2.58. The molecule has 1 aliphatic rings. The standard InChI is InChI=1S/C6H7ClO3/c1-3(8)4-2-5(7)10-6(4)9/h4-5H,2H2,1H3. The molecule has 1 heterocycles. The van der Waals surface area contributed by atoms with Crippen molar-refractivity contribution in [2.75, 3.05) is 0 Å². The molecule has 0 amide bonds. The van der Waals surface area contributed by atoms with Crippen LogP contribution < -0.4 is 0 Å². The first-order chi connectivity index (χ1) is 4.61. The first-order valence-corrected chi connectivity index (χ1v) is 3.40. The topological polar surface area (TPSA) is 43.4 Å². The highest BCUT2D eigenvalue weighted by Gasteiger charge is 2.36. The summed E-state index contributed by atoms with van der Waals surface area (Å²) in [5.41, 5.74) is -0.610. The van der Waals surface area contributed by atoms with E-state index in [0.29, 0.717) is 6.42 Å². The van der Waals surface area contributed by atoms with Crippen molar-refractivity contribution in [2.24, 2.45) is 5.92 Å². The fourth-order valence-electron chi connectivity index (χ4n) is 0.870. The largest absolute Gasteiger partial charge is 0.445 e. The van der Waals surface area contributed by atoms with Crippen LogP contribution in [0.1, 0.15) is 13.3 Å². The number of Topliss-reactive ketones (excluding diaryl/α,β-unsaturated/α-hetero) is 1. The Morgan fingerprint density at radius 1 is 1.80 bits per heavy atom. The van der Waals surface area contributed by atoms with E-state index in [9.17, 15) is 9.59 Å². The van der Waals surface area contributed by atoms with Gasteiger partial charge in [0.25, 0.3) is 0 Å². The van der Waals surface area contributed by atoms with Crippen LogP contribution in [0.25, 0.3) is 0 Å². The summed E-state index contributed by atoms with van der Waals surface area (Å²) in [6, 6.07) is 0. The molecule has 0 aromatic rings. The van der Waals surface area contributed by atoms with Crippen molar-refractivity contribution in [1.29, 1.82) is 0 Å². The van der Waals surface area contributed by atoms with E-state index in [-0.39, 0.29) is 5.78 Å². The number of halogens is 1. The van der Waals surface area contributed by atoms with Gasteiger partial charge >= 0.3 is 5.97 Å². The van der Waals surface area contributed by atoms with Gasteiger partial charge < -0.3 is 4.74 Å². The number of cyclic esters (lactones) is 1. The minimum absolute atomic E-state index is 0.173. The van der Waals surface area contributed by atoms with Crippen LogP contribution in [-0.4, -0.2) is 17.3 Å². The van der Waals surface area contributed by atoms with Crippen molar-refractivity contribution in [1.82, 2.24) is 0 Å². The maximum absolute atomic E-state index is 10.7. The Hall–Kier alpha value is -0.570. The third kappa shape index (κ3) is 1.29. The molecule has 2 atom stereocenters. The van der Waals surface area contributed by atoms with E-state index in [0.717, 1.165) is 0 Å². The van der Waals surface area contributed by atoms with E-state index in [1.165, 1.54) is 6.92 Å². The molecule has 0 aliphatic carbocycles. The average molecular weight is 163 g/mol. The lowest BCUT2D eigenvalue weighted by molar-refractivity contribution is -0.144. The highest BCUT2D eigenvalue weighted by atomic mass is 35.5. The summed E-state index contributed by atoms with van der Waals surface area (Å²) in [7, 11) is 0. The smallest absolute Gasteiger partial charge is 0.318 e. The summed E-state index contributed by atoms with van der Waals surface area (Å²) in [6.45, 7) is 1.36. The number of carbonyl (C=O) groups is 2. The first kappa shape index (κ1) is 7.54. The van der Waals surface area contributed by atoms with Crippen molar-refractivity contribution in [2.45, 2.75) is 18.9 Å². The summed E-state index contributed by atoms with van der Waals surface area (Å²) in [6.07, 6.45) is 0.315. The Labute approximate surface area is 63.3 Å². The van der Waals surface area contributed by atoms with Crippen LogP contribution in [0, 0.1) is 5.92 Å². The zero-order valence-corrected chi connectivity index (χ0v) is 6.22. The van der Waals surface area contributed by atoms with E-state index < -0.39 is 17.5 Å². The molecule has 0 saturated carbocycles. The van der Waals surface area contributed by atoms with Gasteiger partial charge in [0.05, 0.1) is 0 Å². The summed E-state index contributed by atoms with van der Waals surface area (Å²) in [5.74, 6) is -1.29. The number of hydrogen-bond donors (Lipinski definition) is 0. The van der Waals surface area contributed by atoms with Crippen LogP contribution in [0.5, 0.6) is 0 Å². The van der Waals surface area contributed by atoms with Gasteiger partial charge in [0.1, 0.15) is 11.7 Å². The second-order valence-corrected chi connectivity index (χ2v) is 2.73. The molecule has 4 heteroatoms. The summed E-state index contributed by atoms with van der Waals surface area (Å²) >= 11 is 5.45. The molecule has 0 N–H and O–H groups in total. The summed E-state index contributed by atoms with van der Waals surface area (Å²) < 4.78 is 4.54. The van der Waals surface area contributed by atoms with Crippen molar-refractivity contribution in [3.05, 3.63) is 0 Å². The average Bonchev–Trinajstić information content (AvgIpc) is 2.10. The van der Waals surface area contributed by atoms with Crippen molar-refractivity contribution in [3.63, 3.8) is 0 Å². The highest BCUT2D eigenvalue weighted by Crippen LogP contribution is 2.23. The molecule has 0 spiro atoms. The van der Waals surface area contributed by atoms with Gasteiger partial charge in [0, 0.05) is 6.42 Å². The number of ketones is 1. The molecule has 10 heavy (non-hydrogen) atoms. The Morgan fingerprint density at radius 2 is 2.40 bits per heavy atom. The summed E-state index contributed by atoms with van der Waals surface area (Å²) in [5, 5.41) is 0. The monoisotopic (exact) mass is 162 g/mol. The lowest BCUT2D eigenvalue weighted by Gasteiger charge is -1.94. The molecule has 1 fully saturated rings. The minimum atomic E-state index is -0.623. The van der Waals surface area contributed by atoms with Crippen molar-refractivity contribution >= 4 is 23.4 Å². The number of carbonyl (C=O) groups excluding carboxylic acids is 2. The van der Waals surface area contributed by atoms with E-state index in [1.54, 1.807) is 0 Å². The minimum Gasteiger partial charge on any atom is -0.445 e. The Kier molecular flexibility index (Phi) is 1.94. The molecule has 0 aromatic carbocycles. The van der Waals surface area contributed by atoms with E-state index in [1.807, 2.05) is 0 Å². The number of esters is 1. The Morgan fingerprint density at radius 3 is 2.60 bits per heavy atom. The number of ether oxygens (including phenoxy) is 1. The quantitative estimate of drug-likeness (QED) is 0.324. The first-order valence-electron chi connectivity index (χ1n) is 2.96. The Balaban J connectivity index is 2.63. The van der Waals surface area contributed by atoms with Gasteiger partial charge in [0.2, 0.25) is 0 Å². The predicted octanol–water partition coefficient (Wildman–Crippen LogP) is 0.703. The van der Waals surface area contributed by atoms with Gasteiger partial charge in [-0.2, -0.15) is 0 Å². The molecular formula is C6H7ClO3. The highest BCUT2D eigenvalue weighted by molar-refractivity contribution is 6.21. The molecule has 3 nitrogen and oxygen atoms in total. The van der Waals surface area contributed by atoms with Gasteiger partial charge in [-0.25, -0.2) is 0 Å². The van der Waals surface area contributed by atoms with Crippen LogP contribution in [0.4, 0.5) is 0 Å². The maximum atomic E-state index is 10.7. The molecule has 1 rings (SSSR count). The fourth-order valence-corrected chi connectivity index (χ4v) is 1.14. The maximum Gasteiger partial charge on any atom is 0.318 e. The molecule has 1 aliphatic heterocycles. The lowest BCUT2D eigenvalue weighted by Crippen LogP contribution is -2.15. The molecule has 0 aromatic heterocycles. The van der Waals surface area contributed by atoms with Crippen LogP contribution in [0.2, 0.25) is 0 Å². The molecular weight excluding hydrogens is 156 g/mol. The Bertz CT molecular complexity index is 178. The predicted molar refractivity (Wildman–Crippen MR) is 34.5 cm³/mol. The number of alkyl halides is 1. The summed E-state index contributed by atoms with van der Waals surface area (Å²) in [4.78, 5) is 21.3. The van der Waals surface area contributed by atoms with E-state index in [2.05, 4.69) is 4.74 Å². The van der Waals surface area contributed by atoms with Gasteiger partial charge in [-0.1, -0.05) is 11.6 Å². The third-order valence-corrected chi connectivity index (χ3v) is 1.71. The number of rotatable bonds is 1. The third-order valence-electron chi connectivity index (χ3n) is 1.44. The van der Waals surface area contributed by atoms with Crippen LogP contribution >= 0.6 is 11.6 Å². The van der Waals surface area contributed by atoms with E-state index in [4.69, 9.17) is 11.6 Å². The lowest BCUT2D eigenvalue weighted by atomic mass is 10.0. The molecule has 0 radical (unpaired) electrons. The number of hydrogen-bond acceptors (Lipinski definition) is 3. The van der Waals surface area contributed by atoms with E-state index >= 15 is 0 Å². The molecule has 56 valence electrons. The van der Waals surface area contributed by atoms with Gasteiger partial charge in [-0.05, 0) is 6.92 Å². The van der Waals surface area contributed by atoms with Crippen LogP contribution in [-0.2, 0) is 14.3 Å². The van der Waals surface area contributed by atoms with Gasteiger partial charge in [-0.15, -0.1) is 0 Å². The van der Waals surface area contributed by atoms with Gasteiger partial charge in [-0.3, -0.25) is 9.59 Å². The van der Waals surface area contributed by atoms with Crippen LogP contribution in [0.15, 0.2) is 0 Å².